The topological polar surface area (TPSA) is 43.8 Å². The zero-order chi connectivity index (χ0) is 14.8. The zero-order valence-corrected chi connectivity index (χ0v) is 12.3. The molecule has 0 aliphatic carbocycles. The van der Waals surface area contributed by atoms with Crippen LogP contribution in [-0.4, -0.2) is 59.5 Å². The van der Waals surface area contributed by atoms with Crippen molar-refractivity contribution in [2.45, 2.75) is 19.3 Å². The highest BCUT2D eigenvalue weighted by molar-refractivity contribution is 6.09. The predicted molar refractivity (Wildman–Crippen MR) is 80.5 cm³/mol. The third-order valence-corrected chi connectivity index (χ3v) is 3.98. The number of nitrogens with one attached hydrogen (secondary N) is 1. The molecule has 5 nitrogen and oxygen atoms in total. The molecule has 0 bridgehead atoms. The van der Waals surface area contributed by atoms with Crippen molar-refractivity contribution < 1.29 is 4.39 Å². The molecule has 2 aliphatic rings. The molecule has 1 aromatic heterocycles. The van der Waals surface area contributed by atoms with Crippen molar-refractivity contribution in [3.05, 3.63) is 42.1 Å². The van der Waals surface area contributed by atoms with Crippen LogP contribution < -0.4 is 5.32 Å². The third-order valence-electron chi connectivity index (χ3n) is 3.98. The maximum Gasteiger partial charge on any atom is 0.179 e. The molecule has 1 fully saturated rings. The fourth-order valence-corrected chi connectivity index (χ4v) is 2.77. The van der Waals surface area contributed by atoms with Gasteiger partial charge in [-0.2, -0.15) is 0 Å². The SMILES string of the molecule is C[C@@H]1CNCCN1C1N=C(c2ccncc2F)C=CN1C. The number of hydrogen-bond donors (Lipinski definition) is 1. The second-order valence-corrected chi connectivity index (χ2v) is 5.49. The number of aliphatic imine (C=N–C) groups is 1. The molecule has 0 aromatic carbocycles. The van der Waals surface area contributed by atoms with E-state index in [-0.39, 0.29) is 12.1 Å². The molecule has 3 heterocycles. The highest BCUT2D eigenvalue weighted by atomic mass is 19.1. The zero-order valence-electron chi connectivity index (χ0n) is 12.3. The van der Waals surface area contributed by atoms with Gasteiger partial charge in [0.15, 0.2) is 12.1 Å². The molecule has 3 rings (SSSR count). The van der Waals surface area contributed by atoms with Gasteiger partial charge in [0, 0.05) is 50.7 Å². The molecule has 0 spiro atoms. The minimum atomic E-state index is -0.336. The van der Waals surface area contributed by atoms with Gasteiger partial charge in [0.25, 0.3) is 0 Å². The molecule has 6 heteroatoms. The monoisotopic (exact) mass is 289 g/mol. The first kappa shape index (κ1) is 14.2. The van der Waals surface area contributed by atoms with Crippen molar-refractivity contribution in [1.29, 1.82) is 0 Å². The number of piperazine rings is 1. The Morgan fingerprint density at radius 3 is 3.05 bits per heavy atom. The van der Waals surface area contributed by atoms with Crippen molar-refractivity contribution in [1.82, 2.24) is 20.1 Å². The summed E-state index contributed by atoms with van der Waals surface area (Å²) in [5.41, 5.74) is 1.17. The van der Waals surface area contributed by atoms with Gasteiger partial charge < -0.3 is 10.2 Å². The second-order valence-electron chi connectivity index (χ2n) is 5.49. The average molecular weight is 289 g/mol. The molecule has 112 valence electrons. The largest absolute Gasteiger partial charge is 0.347 e. The van der Waals surface area contributed by atoms with Gasteiger partial charge in [0.1, 0.15) is 0 Å². The summed E-state index contributed by atoms with van der Waals surface area (Å²) >= 11 is 0. The molecule has 2 atom stereocenters. The minimum absolute atomic E-state index is 0.0883. The van der Waals surface area contributed by atoms with E-state index in [1.807, 2.05) is 19.3 Å². The van der Waals surface area contributed by atoms with E-state index in [2.05, 4.69) is 27.0 Å². The highest BCUT2D eigenvalue weighted by Crippen LogP contribution is 2.19. The maximum absolute atomic E-state index is 13.9. The van der Waals surface area contributed by atoms with E-state index in [4.69, 9.17) is 4.99 Å². The van der Waals surface area contributed by atoms with Crippen molar-refractivity contribution in [2.75, 3.05) is 26.7 Å². The first-order valence-corrected chi connectivity index (χ1v) is 7.21. The fraction of sp³-hybridized carbons (Fsp3) is 0.467. The van der Waals surface area contributed by atoms with Crippen LogP contribution in [0.2, 0.25) is 0 Å². The maximum atomic E-state index is 13.9. The van der Waals surface area contributed by atoms with Gasteiger partial charge in [-0.25, -0.2) is 9.38 Å². The Bertz CT molecular complexity index is 571. The van der Waals surface area contributed by atoms with E-state index in [1.54, 1.807) is 12.3 Å². The van der Waals surface area contributed by atoms with Crippen molar-refractivity contribution in [2.24, 2.45) is 4.99 Å². The number of aromatic nitrogens is 1. The normalized spacial score (nSPS) is 26.8. The molecular weight excluding hydrogens is 269 g/mol. The first-order chi connectivity index (χ1) is 10.2. The van der Waals surface area contributed by atoms with Gasteiger partial charge in [-0.1, -0.05) is 0 Å². The van der Waals surface area contributed by atoms with Gasteiger partial charge >= 0.3 is 0 Å². The van der Waals surface area contributed by atoms with Crippen LogP contribution in [0.3, 0.4) is 0 Å². The number of rotatable bonds is 2. The Balaban J connectivity index is 1.90. The number of pyridine rings is 1. The van der Waals surface area contributed by atoms with E-state index in [0.29, 0.717) is 17.3 Å². The van der Waals surface area contributed by atoms with E-state index in [1.165, 1.54) is 6.20 Å². The lowest BCUT2D eigenvalue weighted by molar-refractivity contribution is 0.0470. The number of halogens is 1. The lowest BCUT2D eigenvalue weighted by Gasteiger charge is -2.42. The molecule has 0 radical (unpaired) electrons. The van der Waals surface area contributed by atoms with Crippen LogP contribution in [0, 0.1) is 5.82 Å². The molecule has 0 amide bonds. The quantitative estimate of drug-likeness (QED) is 0.884. The van der Waals surface area contributed by atoms with Gasteiger partial charge in [0.2, 0.25) is 0 Å². The summed E-state index contributed by atoms with van der Waals surface area (Å²) in [5.74, 6) is -0.336. The van der Waals surface area contributed by atoms with Gasteiger partial charge in [0.05, 0.1) is 11.9 Å². The van der Waals surface area contributed by atoms with Crippen LogP contribution in [0.25, 0.3) is 0 Å². The molecule has 1 aromatic rings. The smallest absolute Gasteiger partial charge is 0.179 e. The molecule has 0 saturated carbocycles. The van der Waals surface area contributed by atoms with Crippen LogP contribution in [0.5, 0.6) is 0 Å². The van der Waals surface area contributed by atoms with E-state index in [0.717, 1.165) is 19.6 Å². The Morgan fingerprint density at radius 1 is 1.43 bits per heavy atom. The third kappa shape index (κ3) is 2.82. The van der Waals surface area contributed by atoms with Crippen LogP contribution in [0.4, 0.5) is 4.39 Å². The summed E-state index contributed by atoms with van der Waals surface area (Å²) in [4.78, 5) is 12.9. The van der Waals surface area contributed by atoms with Crippen LogP contribution in [-0.2, 0) is 0 Å². The summed E-state index contributed by atoms with van der Waals surface area (Å²) in [6, 6.07) is 2.06. The molecule has 1 saturated heterocycles. The van der Waals surface area contributed by atoms with E-state index in [9.17, 15) is 4.39 Å². The van der Waals surface area contributed by atoms with Gasteiger partial charge in [-0.05, 0) is 19.1 Å². The average Bonchev–Trinajstić information content (AvgIpc) is 2.49. The molecule has 1 unspecified atom stereocenters. The molecule has 1 N–H and O–H groups in total. The summed E-state index contributed by atoms with van der Waals surface area (Å²) in [6.45, 7) is 5.01. The summed E-state index contributed by atoms with van der Waals surface area (Å²) in [5, 5.41) is 3.38. The Morgan fingerprint density at radius 2 is 2.29 bits per heavy atom. The van der Waals surface area contributed by atoms with Crippen LogP contribution in [0.15, 0.2) is 35.7 Å². The predicted octanol–water partition coefficient (Wildman–Crippen LogP) is 1.05. The van der Waals surface area contributed by atoms with Crippen molar-refractivity contribution in [3.8, 4) is 0 Å². The fourth-order valence-electron chi connectivity index (χ4n) is 2.77. The van der Waals surface area contributed by atoms with E-state index < -0.39 is 0 Å². The Kier molecular flexibility index (Phi) is 3.98. The van der Waals surface area contributed by atoms with Crippen molar-refractivity contribution >= 4 is 5.71 Å². The number of hydrogen-bond acceptors (Lipinski definition) is 5. The lowest BCUT2D eigenvalue weighted by Crippen LogP contribution is -2.57. The van der Waals surface area contributed by atoms with Crippen molar-refractivity contribution in [3.63, 3.8) is 0 Å². The molecule has 21 heavy (non-hydrogen) atoms. The standard InChI is InChI=1S/C15H20FN5/c1-11-9-18-6-8-21(11)15-19-14(4-7-20(15)2)12-3-5-17-10-13(12)16/h3-5,7,10-11,15,18H,6,8-9H2,1-2H3/t11-,15?/m1/s1. The second kappa shape index (κ2) is 5.91. The number of allylic oxidation sites excluding steroid dienone is 1. The molecular formula is C15H20FN5. The van der Waals surface area contributed by atoms with Gasteiger partial charge in [-0.15, -0.1) is 0 Å². The van der Waals surface area contributed by atoms with E-state index >= 15 is 0 Å². The van der Waals surface area contributed by atoms with Crippen LogP contribution >= 0.6 is 0 Å². The summed E-state index contributed by atoms with van der Waals surface area (Å²) < 4.78 is 13.9. The van der Waals surface area contributed by atoms with Gasteiger partial charge in [-0.3, -0.25) is 9.88 Å². The highest BCUT2D eigenvalue weighted by Gasteiger charge is 2.29. The first-order valence-electron chi connectivity index (χ1n) is 7.21. The number of nitrogens with zero attached hydrogens (tertiary/aromatic N) is 4. The lowest BCUT2D eigenvalue weighted by atomic mass is 10.1. The summed E-state index contributed by atoms with van der Waals surface area (Å²) in [6.07, 6.45) is 6.54. The minimum Gasteiger partial charge on any atom is -0.347 e. The Hall–Kier alpha value is -1.79. The summed E-state index contributed by atoms with van der Waals surface area (Å²) in [7, 11) is 2.00. The van der Waals surface area contributed by atoms with Crippen LogP contribution in [0.1, 0.15) is 12.5 Å². The Labute approximate surface area is 124 Å². The molecule has 2 aliphatic heterocycles.